The number of nitrogens with one attached hydrogen (secondary N) is 4. The van der Waals surface area contributed by atoms with Crippen LogP contribution in [-0.4, -0.2) is 69.6 Å². The molecule has 1 amide bonds. The van der Waals surface area contributed by atoms with Gasteiger partial charge in [0.15, 0.2) is 0 Å². The summed E-state index contributed by atoms with van der Waals surface area (Å²) < 4.78 is 4.95. The monoisotopic (exact) mass is 528 g/mol. The third-order valence-corrected chi connectivity index (χ3v) is 9.68. The fraction of sp³-hybridized carbons (Fsp3) is 0.767. The molecule has 38 heavy (non-hydrogen) atoms. The normalized spacial score (nSPS) is 44.1. The second kappa shape index (κ2) is 13.1. The quantitative estimate of drug-likeness (QED) is 0.303. The fourth-order valence-corrected chi connectivity index (χ4v) is 7.16. The van der Waals surface area contributed by atoms with Crippen LogP contribution in [-0.2, 0) is 4.74 Å². The van der Waals surface area contributed by atoms with Gasteiger partial charge in [-0.25, -0.2) is 4.79 Å². The molecule has 0 aromatic carbocycles. The number of fused-ring (bicyclic) bond motifs is 3. The number of hydrogen-bond acceptors (Lipinski definition) is 7. The molecule has 0 saturated carbocycles. The molecule has 0 spiro atoms. The molecule has 3 fully saturated rings. The molecule has 214 valence electrons. The predicted molar refractivity (Wildman–Crippen MR) is 154 cm³/mol. The molecular weight excluding hydrogens is 476 g/mol. The second-order valence-electron chi connectivity index (χ2n) is 12.5. The first kappa shape index (κ1) is 29.3. The van der Waals surface area contributed by atoms with Crippen molar-refractivity contribution in [3.63, 3.8) is 0 Å². The van der Waals surface area contributed by atoms with Crippen molar-refractivity contribution in [1.29, 1.82) is 0 Å². The topological polar surface area (TPSA) is 126 Å². The minimum absolute atomic E-state index is 0.0307. The minimum atomic E-state index is -0.291. The van der Waals surface area contributed by atoms with Crippen LogP contribution < -0.4 is 32.7 Å². The molecule has 3 heterocycles. The van der Waals surface area contributed by atoms with Crippen molar-refractivity contribution in [2.45, 2.75) is 51.7 Å². The Kier molecular flexibility index (Phi) is 10.1. The Morgan fingerprint density at radius 2 is 1.50 bits per heavy atom. The van der Waals surface area contributed by atoms with Gasteiger partial charge in [-0.05, 0) is 67.6 Å². The van der Waals surface area contributed by atoms with Crippen molar-refractivity contribution in [1.82, 2.24) is 21.3 Å². The molecule has 3 saturated heterocycles. The number of carbonyl (C=O) groups is 1. The van der Waals surface area contributed by atoms with Crippen molar-refractivity contribution >= 4 is 6.09 Å². The van der Waals surface area contributed by atoms with E-state index in [0.717, 1.165) is 45.7 Å². The summed E-state index contributed by atoms with van der Waals surface area (Å²) in [6, 6.07) is 0.573. The Morgan fingerprint density at radius 3 is 2.18 bits per heavy atom. The summed E-state index contributed by atoms with van der Waals surface area (Å²) in [7, 11) is 0. The van der Waals surface area contributed by atoms with Crippen LogP contribution >= 0.6 is 0 Å². The van der Waals surface area contributed by atoms with Crippen molar-refractivity contribution in [2.24, 2.45) is 58.8 Å². The van der Waals surface area contributed by atoms with Gasteiger partial charge < -0.3 is 37.5 Å². The first-order chi connectivity index (χ1) is 18.2. The van der Waals surface area contributed by atoms with Gasteiger partial charge in [-0.2, -0.15) is 0 Å². The van der Waals surface area contributed by atoms with E-state index in [2.05, 4.69) is 78.5 Å². The highest BCUT2D eigenvalue weighted by atomic mass is 16.5. The average molecular weight is 529 g/mol. The molecule has 3 aliphatic heterocycles. The molecule has 11 unspecified atom stereocenters. The number of amides is 1. The van der Waals surface area contributed by atoms with E-state index >= 15 is 0 Å². The molecule has 8 N–H and O–H groups in total. The van der Waals surface area contributed by atoms with Crippen LogP contribution in [0.25, 0.3) is 0 Å². The summed E-state index contributed by atoms with van der Waals surface area (Å²) in [4.78, 5) is 11.5. The third-order valence-electron chi connectivity index (χ3n) is 9.68. The lowest BCUT2D eigenvalue weighted by Gasteiger charge is -2.36. The van der Waals surface area contributed by atoms with E-state index in [-0.39, 0.29) is 17.7 Å². The number of rotatable bonds is 2. The van der Waals surface area contributed by atoms with E-state index in [4.69, 9.17) is 16.2 Å². The summed E-state index contributed by atoms with van der Waals surface area (Å²) >= 11 is 0. The fourth-order valence-electron chi connectivity index (χ4n) is 7.16. The van der Waals surface area contributed by atoms with Gasteiger partial charge in [0.05, 0.1) is 6.61 Å². The van der Waals surface area contributed by atoms with E-state index in [1.165, 1.54) is 0 Å². The zero-order chi connectivity index (χ0) is 27.3. The highest BCUT2D eigenvalue weighted by molar-refractivity contribution is 5.67. The van der Waals surface area contributed by atoms with Gasteiger partial charge in [0.1, 0.15) is 0 Å². The summed E-state index contributed by atoms with van der Waals surface area (Å²) in [5.41, 5.74) is 12.3. The van der Waals surface area contributed by atoms with E-state index in [1.807, 2.05) is 6.92 Å². The summed E-state index contributed by atoms with van der Waals surface area (Å²) in [6.45, 7) is 15.2. The van der Waals surface area contributed by atoms with Gasteiger partial charge in [-0.1, -0.05) is 50.3 Å². The molecule has 8 nitrogen and oxygen atoms in total. The molecule has 0 aromatic heterocycles. The minimum Gasteiger partial charge on any atom is -0.450 e. The van der Waals surface area contributed by atoms with Crippen molar-refractivity contribution < 1.29 is 9.53 Å². The van der Waals surface area contributed by atoms with Gasteiger partial charge in [-0.3, -0.25) is 0 Å². The zero-order valence-electron chi connectivity index (χ0n) is 23.9. The first-order valence-corrected chi connectivity index (χ1v) is 14.8. The van der Waals surface area contributed by atoms with Gasteiger partial charge >= 0.3 is 6.09 Å². The molecular formula is C30H52N6O2. The van der Waals surface area contributed by atoms with Crippen LogP contribution in [0, 0.1) is 47.3 Å². The van der Waals surface area contributed by atoms with Gasteiger partial charge in [0.2, 0.25) is 0 Å². The summed E-state index contributed by atoms with van der Waals surface area (Å²) in [6.07, 6.45) is 14.4. The lowest BCUT2D eigenvalue weighted by atomic mass is 9.74. The summed E-state index contributed by atoms with van der Waals surface area (Å²) in [5.74, 6) is 4.76. The number of alkyl carbamates (subject to hydrolysis) is 1. The largest absolute Gasteiger partial charge is 0.450 e. The van der Waals surface area contributed by atoms with E-state index in [1.54, 1.807) is 0 Å². The van der Waals surface area contributed by atoms with Gasteiger partial charge in [0.25, 0.3) is 0 Å². The zero-order valence-corrected chi connectivity index (χ0v) is 23.9. The molecule has 3 aliphatic carbocycles. The van der Waals surface area contributed by atoms with Crippen molar-refractivity contribution in [3.8, 4) is 0 Å². The van der Waals surface area contributed by atoms with Gasteiger partial charge in [-0.15, -0.1) is 0 Å². The summed E-state index contributed by atoms with van der Waals surface area (Å²) in [5, 5.41) is 13.1. The molecule has 6 rings (SSSR count). The van der Waals surface area contributed by atoms with Crippen molar-refractivity contribution in [2.75, 3.05) is 45.9 Å². The van der Waals surface area contributed by atoms with Gasteiger partial charge in [0, 0.05) is 56.9 Å². The third kappa shape index (κ3) is 6.89. The SMILES string of the molecule is CC1(N)CC=CC2CNCC21.CC1C=CC2CNCC2C1N.CCOC(=O)NC1C(C)C=CC2CNCC21. The number of carbonyl (C=O) groups excluding carboxylic acids is 1. The number of hydrogen-bond donors (Lipinski definition) is 6. The maximum absolute atomic E-state index is 11.5. The van der Waals surface area contributed by atoms with E-state index in [9.17, 15) is 4.79 Å². The average Bonchev–Trinajstić information content (AvgIpc) is 3.65. The van der Waals surface area contributed by atoms with Crippen LogP contribution in [0.5, 0.6) is 0 Å². The smallest absolute Gasteiger partial charge is 0.407 e. The lowest BCUT2D eigenvalue weighted by molar-refractivity contribution is 0.137. The highest BCUT2D eigenvalue weighted by Gasteiger charge is 2.40. The Balaban J connectivity index is 0.000000136. The Bertz CT molecular complexity index is 873. The molecule has 0 aromatic rings. The molecule has 11 atom stereocenters. The maximum Gasteiger partial charge on any atom is 0.407 e. The second-order valence-corrected chi connectivity index (χ2v) is 12.5. The van der Waals surface area contributed by atoms with Crippen molar-refractivity contribution in [3.05, 3.63) is 36.5 Å². The molecule has 0 radical (unpaired) electrons. The Morgan fingerprint density at radius 1 is 0.895 bits per heavy atom. The van der Waals surface area contributed by atoms with Crippen LogP contribution in [0.15, 0.2) is 36.5 Å². The van der Waals surface area contributed by atoms with E-state index < -0.39 is 0 Å². The number of ether oxygens (including phenoxy) is 1. The molecule has 6 aliphatic rings. The van der Waals surface area contributed by atoms with Crippen LogP contribution in [0.4, 0.5) is 4.79 Å². The lowest BCUT2D eigenvalue weighted by Crippen LogP contribution is -2.48. The van der Waals surface area contributed by atoms with Crippen LogP contribution in [0.2, 0.25) is 0 Å². The first-order valence-electron chi connectivity index (χ1n) is 14.8. The standard InChI is InChI=1S/C12H20N2O2.2C9H16N2/c1-3-16-12(15)14-11-8(2)4-5-9-6-13-7-10(9)11;1-6-2-3-7-4-11-5-8(7)9(6)10;1-9(10)4-2-3-7-5-11-6-8(7)9/h4-5,8-11,13H,3,6-7H2,1-2H3,(H,14,15);2-3,6-9,11H,4-5,10H2,1H3;2-3,7-8,11H,4-6,10H2,1H3. The Labute approximate surface area is 229 Å². The predicted octanol–water partition coefficient (Wildman–Crippen LogP) is 2.00. The maximum atomic E-state index is 11.5. The van der Waals surface area contributed by atoms with Crippen LogP contribution in [0.3, 0.4) is 0 Å². The van der Waals surface area contributed by atoms with Crippen LogP contribution in [0.1, 0.15) is 34.1 Å². The molecule has 8 heteroatoms. The number of nitrogens with two attached hydrogens (primary N) is 2. The van der Waals surface area contributed by atoms with E-state index in [0.29, 0.717) is 60.0 Å². The molecule has 0 bridgehead atoms. The highest BCUT2D eigenvalue weighted by Crippen LogP contribution is 2.34. The Hall–Kier alpha value is -1.71.